The van der Waals surface area contributed by atoms with Gasteiger partial charge in [-0.3, -0.25) is 4.79 Å². The van der Waals surface area contributed by atoms with Crippen LogP contribution < -0.4 is 4.90 Å². The Kier molecular flexibility index (Phi) is 4.02. The Morgan fingerprint density at radius 3 is 2.78 bits per heavy atom. The average molecular weight is 330 g/mol. The number of para-hydroxylation sites is 1. The molecule has 1 aromatic carbocycles. The highest BCUT2D eigenvalue weighted by atomic mass is 35.5. The molecule has 2 aliphatic heterocycles. The molecule has 0 aliphatic carbocycles. The molecule has 0 radical (unpaired) electrons. The molecule has 2 aliphatic rings. The van der Waals surface area contributed by atoms with Crippen molar-refractivity contribution in [3.8, 4) is 0 Å². The lowest BCUT2D eigenvalue weighted by atomic mass is 9.91. The Labute approximate surface area is 142 Å². The van der Waals surface area contributed by atoms with Gasteiger partial charge in [0.1, 0.15) is 0 Å². The van der Waals surface area contributed by atoms with Crippen LogP contribution in [-0.2, 0) is 11.2 Å². The third-order valence-electron chi connectivity index (χ3n) is 4.94. The van der Waals surface area contributed by atoms with Gasteiger partial charge in [0.15, 0.2) is 0 Å². The lowest BCUT2D eigenvalue weighted by Gasteiger charge is -2.32. The van der Waals surface area contributed by atoms with E-state index < -0.39 is 0 Å². The molecule has 2 aromatic rings. The zero-order valence-corrected chi connectivity index (χ0v) is 14.0. The predicted molar refractivity (Wildman–Crippen MR) is 93.0 cm³/mol. The number of H-pyrrole nitrogens is 1. The molecule has 3 heterocycles. The van der Waals surface area contributed by atoms with E-state index in [0.29, 0.717) is 12.3 Å². The number of carbonyl (C=O) groups excluding carboxylic acids is 1. The van der Waals surface area contributed by atoms with Gasteiger partial charge < -0.3 is 9.88 Å². The van der Waals surface area contributed by atoms with E-state index in [1.165, 1.54) is 5.56 Å². The number of aromatic amines is 1. The maximum absolute atomic E-state index is 13.0. The van der Waals surface area contributed by atoms with Gasteiger partial charge in [-0.15, -0.1) is 12.4 Å². The minimum atomic E-state index is -0.128. The van der Waals surface area contributed by atoms with E-state index in [1.807, 2.05) is 24.0 Å². The molecule has 1 aromatic heterocycles. The zero-order chi connectivity index (χ0) is 15.3. The summed E-state index contributed by atoms with van der Waals surface area (Å²) in [5.41, 5.74) is 4.35. The largest absolute Gasteiger partial charge is 0.348 e. The highest BCUT2D eigenvalue weighted by Gasteiger charge is 2.42. The van der Waals surface area contributed by atoms with Gasteiger partial charge in [0.05, 0.1) is 24.0 Å². The molecule has 23 heavy (non-hydrogen) atoms. The molecule has 0 fully saturated rings. The Bertz CT molecular complexity index is 767. The summed E-state index contributed by atoms with van der Waals surface area (Å²) in [6.07, 6.45) is 6.61. The van der Waals surface area contributed by atoms with Gasteiger partial charge in [0.25, 0.3) is 0 Å². The maximum Gasteiger partial charge on any atom is 0.234 e. The molecule has 1 amide bonds. The average Bonchev–Trinajstić information content (AvgIpc) is 3.05. The topological polar surface area (TPSA) is 49.0 Å². The van der Waals surface area contributed by atoms with E-state index in [0.717, 1.165) is 17.1 Å². The number of anilines is 1. The number of hydrogen-bond acceptors (Lipinski definition) is 2. The highest BCUT2D eigenvalue weighted by Crippen LogP contribution is 2.43. The Morgan fingerprint density at radius 1 is 1.26 bits per heavy atom. The van der Waals surface area contributed by atoms with E-state index >= 15 is 0 Å². The lowest BCUT2D eigenvalue weighted by Crippen LogP contribution is -2.44. The van der Waals surface area contributed by atoms with Crippen molar-refractivity contribution in [1.82, 2.24) is 9.97 Å². The summed E-state index contributed by atoms with van der Waals surface area (Å²) in [5, 5.41) is 0. The second-order valence-electron chi connectivity index (χ2n) is 6.22. The molecule has 0 saturated carbocycles. The van der Waals surface area contributed by atoms with Gasteiger partial charge in [-0.2, -0.15) is 0 Å². The van der Waals surface area contributed by atoms with Crippen molar-refractivity contribution in [1.29, 1.82) is 0 Å². The quantitative estimate of drug-likeness (QED) is 0.859. The molecule has 1 N–H and O–H groups in total. The fraction of sp³-hybridized carbons (Fsp3) is 0.333. The van der Waals surface area contributed by atoms with Crippen LogP contribution in [0.5, 0.6) is 0 Å². The predicted octanol–water partition coefficient (Wildman–Crippen LogP) is 3.39. The fourth-order valence-corrected chi connectivity index (χ4v) is 3.64. The van der Waals surface area contributed by atoms with E-state index in [9.17, 15) is 4.79 Å². The molecule has 3 unspecified atom stereocenters. The van der Waals surface area contributed by atoms with E-state index in [4.69, 9.17) is 0 Å². The van der Waals surface area contributed by atoms with Crippen molar-refractivity contribution < 1.29 is 4.79 Å². The number of nitrogens with one attached hydrogen (secondary N) is 1. The normalized spacial score (nSPS) is 25.0. The van der Waals surface area contributed by atoms with Crippen molar-refractivity contribution in [2.75, 3.05) is 4.90 Å². The van der Waals surface area contributed by atoms with Crippen molar-refractivity contribution >= 4 is 24.0 Å². The molecular formula is C18H20ClN3O. The van der Waals surface area contributed by atoms with Crippen LogP contribution in [0.4, 0.5) is 5.69 Å². The summed E-state index contributed by atoms with van der Waals surface area (Å²) >= 11 is 0. The maximum atomic E-state index is 13.0. The van der Waals surface area contributed by atoms with Crippen LogP contribution in [0.1, 0.15) is 29.8 Å². The minimum Gasteiger partial charge on any atom is -0.348 e. The number of aryl methyl sites for hydroxylation is 1. The summed E-state index contributed by atoms with van der Waals surface area (Å²) in [5.74, 6) is 0.410. The van der Waals surface area contributed by atoms with Crippen molar-refractivity contribution in [2.45, 2.75) is 32.2 Å². The van der Waals surface area contributed by atoms with Crippen LogP contribution in [0.2, 0.25) is 0 Å². The number of rotatable bonds is 2. The Hall–Kier alpha value is -2.07. The molecule has 120 valence electrons. The summed E-state index contributed by atoms with van der Waals surface area (Å²) < 4.78 is 0. The first-order chi connectivity index (χ1) is 10.7. The second-order valence-corrected chi connectivity index (χ2v) is 6.22. The Morgan fingerprint density at radius 2 is 2.04 bits per heavy atom. The lowest BCUT2D eigenvalue weighted by molar-refractivity contribution is -0.121. The van der Waals surface area contributed by atoms with Crippen LogP contribution in [0.15, 0.2) is 42.7 Å². The molecule has 4 nitrogen and oxygen atoms in total. The van der Waals surface area contributed by atoms with Crippen molar-refractivity contribution in [3.05, 3.63) is 59.7 Å². The third kappa shape index (κ3) is 2.38. The number of fused-ring (bicyclic) bond motifs is 3. The van der Waals surface area contributed by atoms with E-state index in [1.54, 1.807) is 6.33 Å². The number of halogens is 1. The molecular weight excluding hydrogens is 310 g/mol. The standard InChI is InChI=1S/C18H19N3O.ClH/c1-11-14-5-3-4-6-17(14)21-16(11)8-7-13(18(21)22)9-15-12(2)19-10-20-15;/h3-8,10-11,13,16H,9H2,1-2H3,(H,19,20);1H. The fourth-order valence-electron chi connectivity index (χ4n) is 3.64. The smallest absolute Gasteiger partial charge is 0.234 e. The molecule has 5 heteroatoms. The number of hydrogen-bond donors (Lipinski definition) is 1. The van der Waals surface area contributed by atoms with Crippen LogP contribution in [-0.4, -0.2) is 21.9 Å². The number of benzene rings is 1. The van der Waals surface area contributed by atoms with Gasteiger partial charge in [-0.1, -0.05) is 37.3 Å². The van der Waals surface area contributed by atoms with E-state index in [2.05, 4.69) is 41.2 Å². The molecule has 0 spiro atoms. The number of imidazole rings is 1. The summed E-state index contributed by atoms with van der Waals surface area (Å²) in [6.45, 7) is 4.19. The van der Waals surface area contributed by atoms with Gasteiger partial charge in [-0.25, -0.2) is 4.98 Å². The van der Waals surface area contributed by atoms with Gasteiger partial charge in [0, 0.05) is 23.7 Å². The minimum absolute atomic E-state index is 0. The Balaban J connectivity index is 0.00000156. The number of nitrogens with zero attached hydrogens (tertiary/aromatic N) is 2. The van der Waals surface area contributed by atoms with Crippen LogP contribution in [0.25, 0.3) is 0 Å². The zero-order valence-electron chi connectivity index (χ0n) is 13.2. The van der Waals surface area contributed by atoms with Gasteiger partial charge >= 0.3 is 0 Å². The number of carbonyl (C=O) groups is 1. The summed E-state index contributed by atoms with van der Waals surface area (Å²) in [7, 11) is 0. The number of amides is 1. The van der Waals surface area contributed by atoms with Gasteiger partial charge in [-0.05, 0) is 18.6 Å². The molecule has 4 rings (SSSR count). The van der Waals surface area contributed by atoms with Crippen molar-refractivity contribution in [3.63, 3.8) is 0 Å². The molecule has 0 saturated heterocycles. The highest BCUT2D eigenvalue weighted by molar-refractivity contribution is 6.00. The summed E-state index contributed by atoms with van der Waals surface area (Å²) in [6, 6.07) is 8.40. The van der Waals surface area contributed by atoms with E-state index in [-0.39, 0.29) is 30.3 Å². The first kappa shape index (κ1) is 15.8. The monoisotopic (exact) mass is 329 g/mol. The first-order valence-corrected chi connectivity index (χ1v) is 7.76. The first-order valence-electron chi connectivity index (χ1n) is 7.76. The summed E-state index contributed by atoms with van der Waals surface area (Å²) in [4.78, 5) is 22.4. The van der Waals surface area contributed by atoms with Crippen LogP contribution in [0, 0.1) is 12.8 Å². The second kappa shape index (κ2) is 5.85. The van der Waals surface area contributed by atoms with Crippen LogP contribution >= 0.6 is 12.4 Å². The SMILES string of the molecule is Cc1[nH]cnc1CC1C=CC2C(C)c3ccccc3N2C1=O.Cl. The molecule has 0 bridgehead atoms. The molecule has 3 atom stereocenters. The van der Waals surface area contributed by atoms with Crippen molar-refractivity contribution in [2.24, 2.45) is 5.92 Å². The van der Waals surface area contributed by atoms with Crippen LogP contribution in [0.3, 0.4) is 0 Å². The third-order valence-corrected chi connectivity index (χ3v) is 4.94. The number of aromatic nitrogens is 2. The van der Waals surface area contributed by atoms with Gasteiger partial charge in [0.2, 0.25) is 5.91 Å².